The van der Waals surface area contributed by atoms with E-state index in [9.17, 15) is 4.79 Å². The van der Waals surface area contributed by atoms with Crippen LogP contribution in [0.3, 0.4) is 0 Å². The van der Waals surface area contributed by atoms with Gasteiger partial charge in [-0.05, 0) is 18.9 Å². The monoisotopic (exact) mass is 322 g/mol. The van der Waals surface area contributed by atoms with Gasteiger partial charge < -0.3 is 14.0 Å². The fourth-order valence-corrected chi connectivity index (χ4v) is 3.27. The lowest BCUT2D eigenvalue weighted by Crippen LogP contribution is -2.36. The first-order valence-corrected chi connectivity index (χ1v) is 8.03. The van der Waals surface area contributed by atoms with E-state index in [-0.39, 0.29) is 11.9 Å². The smallest absolute Gasteiger partial charge is 0.259 e. The number of hydrogen-bond acceptors (Lipinski definition) is 4. The summed E-state index contributed by atoms with van der Waals surface area (Å²) in [5.41, 5.74) is 2.17. The molecule has 3 aromatic rings. The predicted molar refractivity (Wildman–Crippen MR) is 87.4 cm³/mol. The summed E-state index contributed by atoms with van der Waals surface area (Å²) in [7, 11) is 0. The highest BCUT2D eigenvalue weighted by Crippen LogP contribution is 2.31. The Balaban J connectivity index is 1.82. The lowest BCUT2D eigenvalue weighted by Gasteiger charge is -2.29. The zero-order chi connectivity index (χ0) is 16.5. The molecule has 4 rings (SSSR count). The summed E-state index contributed by atoms with van der Waals surface area (Å²) in [4.78, 5) is 19.6. The number of benzene rings is 1. The maximum absolute atomic E-state index is 13.1. The highest BCUT2D eigenvalue weighted by atomic mass is 16.5. The summed E-state index contributed by atoms with van der Waals surface area (Å²) in [6, 6.07) is 9.81. The van der Waals surface area contributed by atoms with Gasteiger partial charge in [-0.25, -0.2) is 4.98 Å². The minimum atomic E-state index is -0.217. The van der Waals surface area contributed by atoms with Crippen LogP contribution in [0.5, 0.6) is 0 Å². The van der Waals surface area contributed by atoms with Crippen molar-refractivity contribution in [2.45, 2.75) is 25.9 Å². The Kier molecular flexibility index (Phi) is 3.65. The standard InChI is InChI=1S/C18H18N4O2/c1-13-15(12-24-20-13)18(23)22-10-5-9-21-11-8-19-17(21)16(22)14-6-3-2-4-7-14/h2-4,6-8,11-12,16H,5,9-10H2,1H3. The van der Waals surface area contributed by atoms with Gasteiger partial charge in [0.05, 0.1) is 5.69 Å². The molecule has 1 aliphatic rings. The average Bonchev–Trinajstić information content (AvgIpc) is 3.20. The molecule has 0 spiro atoms. The van der Waals surface area contributed by atoms with Crippen LogP contribution in [0.1, 0.15) is 39.9 Å². The fourth-order valence-electron chi connectivity index (χ4n) is 3.27. The summed E-state index contributed by atoms with van der Waals surface area (Å²) in [5.74, 6) is 0.820. The quantitative estimate of drug-likeness (QED) is 0.728. The van der Waals surface area contributed by atoms with Crippen LogP contribution in [-0.4, -0.2) is 32.1 Å². The Morgan fingerprint density at radius 3 is 2.83 bits per heavy atom. The number of aromatic nitrogens is 3. The Bertz CT molecular complexity index is 853. The molecular formula is C18H18N4O2. The molecule has 1 atom stereocenters. The molecule has 1 amide bonds. The molecule has 0 N–H and O–H groups in total. The van der Waals surface area contributed by atoms with Crippen molar-refractivity contribution in [2.75, 3.05) is 6.54 Å². The van der Waals surface area contributed by atoms with Crippen molar-refractivity contribution in [2.24, 2.45) is 0 Å². The Morgan fingerprint density at radius 1 is 1.25 bits per heavy atom. The average molecular weight is 322 g/mol. The van der Waals surface area contributed by atoms with E-state index in [2.05, 4.69) is 14.7 Å². The molecule has 0 saturated carbocycles. The molecule has 1 unspecified atom stereocenters. The van der Waals surface area contributed by atoms with Crippen LogP contribution in [0, 0.1) is 6.92 Å². The van der Waals surface area contributed by atoms with Crippen LogP contribution in [0.25, 0.3) is 0 Å². The first kappa shape index (κ1) is 14.7. The van der Waals surface area contributed by atoms with Gasteiger partial charge in [0.25, 0.3) is 5.91 Å². The third kappa shape index (κ3) is 2.40. The molecule has 0 radical (unpaired) electrons. The number of carbonyl (C=O) groups is 1. The molecule has 0 saturated heterocycles. The van der Waals surface area contributed by atoms with E-state index in [0.717, 1.165) is 24.4 Å². The Morgan fingerprint density at radius 2 is 2.08 bits per heavy atom. The first-order chi connectivity index (χ1) is 11.8. The van der Waals surface area contributed by atoms with Crippen LogP contribution < -0.4 is 0 Å². The highest BCUT2D eigenvalue weighted by Gasteiger charge is 2.33. The fraction of sp³-hybridized carbons (Fsp3) is 0.278. The van der Waals surface area contributed by atoms with E-state index in [4.69, 9.17) is 4.52 Å². The minimum absolute atomic E-state index is 0.0703. The van der Waals surface area contributed by atoms with Gasteiger partial charge in [0.15, 0.2) is 0 Å². The first-order valence-electron chi connectivity index (χ1n) is 8.03. The summed E-state index contributed by atoms with van der Waals surface area (Å²) in [6.45, 7) is 3.30. The molecule has 2 aromatic heterocycles. The van der Waals surface area contributed by atoms with E-state index >= 15 is 0 Å². The Labute approximate surface area is 139 Å². The van der Waals surface area contributed by atoms with Gasteiger partial charge in [-0.15, -0.1) is 0 Å². The van der Waals surface area contributed by atoms with E-state index < -0.39 is 0 Å². The summed E-state index contributed by atoms with van der Waals surface area (Å²) in [5, 5.41) is 3.84. The molecule has 122 valence electrons. The van der Waals surface area contributed by atoms with Crippen LogP contribution in [0.4, 0.5) is 0 Å². The van der Waals surface area contributed by atoms with Gasteiger partial charge in [-0.1, -0.05) is 35.5 Å². The molecule has 24 heavy (non-hydrogen) atoms. The number of nitrogens with zero attached hydrogens (tertiary/aromatic N) is 4. The number of hydrogen-bond donors (Lipinski definition) is 0. The highest BCUT2D eigenvalue weighted by molar-refractivity contribution is 5.95. The van der Waals surface area contributed by atoms with E-state index in [1.54, 1.807) is 13.1 Å². The van der Waals surface area contributed by atoms with Crippen molar-refractivity contribution >= 4 is 5.91 Å². The maximum atomic E-state index is 13.1. The molecule has 1 aromatic carbocycles. The summed E-state index contributed by atoms with van der Waals surface area (Å²) in [6.07, 6.45) is 6.08. The lowest BCUT2D eigenvalue weighted by molar-refractivity contribution is 0.0705. The molecule has 3 heterocycles. The largest absolute Gasteiger partial charge is 0.364 e. The Hall–Kier alpha value is -2.89. The maximum Gasteiger partial charge on any atom is 0.259 e. The molecule has 1 aliphatic heterocycles. The summed E-state index contributed by atoms with van der Waals surface area (Å²) >= 11 is 0. The van der Waals surface area contributed by atoms with Crippen molar-refractivity contribution < 1.29 is 9.32 Å². The van der Waals surface area contributed by atoms with Crippen LogP contribution in [-0.2, 0) is 6.54 Å². The molecule has 6 nitrogen and oxygen atoms in total. The molecule has 0 fully saturated rings. The van der Waals surface area contributed by atoms with Crippen molar-refractivity contribution in [3.63, 3.8) is 0 Å². The van der Waals surface area contributed by atoms with Gasteiger partial charge in [0.1, 0.15) is 23.7 Å². The topological polar surface area (TPSA) is 64.2 Å². The van der Waals surface area contributed by atoms with Gasteiger partial charge in [0.2, 0.25) is 0 Å². The second-order valence-electron chi connectivity index (χ2n) is 5.96. The zero-order valence-corrected chi connectivity index (χ0v) is 13.4. The molecule has 0 bridgehead atoms. The van der Waals surface area contributed by atoms with Crippen LogP contribution in [0.15, 0.2) is 53.5 Å². The van der Waals surface area contributed by atoms with Crippen molar-refractivity contribution in [3.8, 4) is 0 Å². The molecular weight excluding hydrogens is 304 g/mol. The number of amides is 1. The number of aryl methyl sites for hydroxylation is 2. The normalized spacial score (nSPS) is 17.4. The van der Waals surface area contributed by atoms with E-state index in [1.807, 2.05) is 41.4 Å². The number of fused-ring (bicyclic) bond motifs is 1. The third-order valence-electron chi connectivity index (χ3n) is 4.46. The van der Waals surface area contributed by atoms with Crippen LogP contribution in [0.2, 0.25) is 0 Å². The second-order valence-corrected chi connectivity index (χ2v) is 5.96. The van der Waals surface area contributed by atoms with Gasteiger partial charge >= 0.3 is 0 Å². The minimum Gasteiger partial charge on any atom is -0.364 e. The van der Waals surface area contributed by atoms with Crippen molar-refractivity contribution in [1.82, 2.24) is 19.6 Å². The predicted octanol–water partition coefficient (Wildman–Crippen LogP) is 2.82. The van der Waals surface area contributed by atoms with Crippen molar-refractivity contribution in [1.29, 1.82) is 0 Å². The SMILES string of the molecule is Cc1nocc1C(=O)N1CCCn2ccnc2C1c1ccccc1. The van der Waals surface area contributed by atoms with Crippen LogP contribution >= 0.6 is 0 Å². The number of rotatable bonds is 2. The van der Waals surface area contributed by atoms with E-state index in [1.165, 1.54) is 6.26 Å². The molecule has 6 heteroatoms. The van der Waals surface area contributed by atoms with Gasteiger partial charge in [0, 0.05) is 25.5 Å². The zero-order valence-electron chi connectivity index (χ0n) is 13.4. The third-order valence-corrected chi connectivity index (χ3v) is 4.46. The second kappa shape index (κ2) is 5.96. The lowest BCUT2D eigenvalue weighted by atomic mass is 10.0. The van der Waals surface area contributed by atoms with Gasteiger partial charge in [-0.3, -0.25) is 4.79 Å². The van der Waals surface area contributed by atoms with Gasteiger partial charge in [-0.2, -0.15) is 0 Å². The summed E-state index contributed by atoms with van der Waals surface area (Å²) < 4.78 is 7.10. The number of imidazole rings is 1. The van der Waals surface area contributed by atoms with E-state index in [0.29, 0.717) is 17.8 Å². The number of carbonyl (C=O) groups excluding carboxylic acids is 1. The van der Waals surface area contributed by atoms with Crippen molar-refractivity contribution in [3.05, 3.63) is 71.6 Å². The molecule has 0 aliphatic carbocycles.